The van der Waals surface area contributed by atoms with Crippen LogP contribution in [0.5, 0.6) is 0 Å². The Morgan fingerprint density at radius 3 is 1.39 bits per heavy atom. The smallest absolute Gasteiger partial charge is 0.0540 e. The van der Waals surface area contributed by atoms with Gasteiger partial charge < -0.3 is 4.90 Å². The number of hydrogen-bond acceptors (Lipinski definition) is 1. The molecule has 6 aromatic carbocycles. The van der Waals surface area contributed by atoms with E-state index < -0.39 is 0 Å². The van der Waals surface area contributed by atoms with Crippen molar-refractivity contribution in [2.24, 2.45) is 0 Å². The molecule has 0 fully saturated rings. The lowest BCUT2D eigenvalue weighted by Gasteiger charge is -2.29. The van der Waals surface area contributed by atoms with Gasteiger partial charge in [-0.3, -0.25) is 0 Å². The Kier molecular flexibility index (Phi) is 5.81. The molecular weight excluding hydrogens is 526 g/mol. The highest BCUT2D eigenvalue weighted by Gasteiger charge is 2.21. The average Bonchev–Trinajstić information content (AvgIpc) is 2.89. The van der Waals surface area contributed by atoms with Crippen molar-refractivity contribution >= 4 is 65.3 Å². The van der Waals surface area contributed by atoms with E-state index in [9.17, 15) is 0 Å². The van der Waals surface area contributed by atoms with Gasteiger partial charge >= 0.3 is 0 Å². The molecule has 0 atom stereocenters. The third-order valence-electron chi connectivity index (χ3n) is 7.81. The van der Waals surface area contributed by atoms with Crippen molar-refractivity contribution in [3.8, 4) is 0 Å². The van der Waals surface area contributed by atoms with Crippen LogP contribution in [0, 0.1) is 0 Å². The van der Waals surface area contributed by atoms with Gasteiger partial charge in [0.1, 0.15) is 0 Å². The Morgan fingerprint density at radius 1 is 0.474 bits per heavy atom. The van der Waals surface area contributed by atoms with Crippen molar-refractivity contribution in [3.05, 3.63) is 113 Å². The van der Waals surface area contributed by atoms with Crippen molar-refractivity contribution in [1.82, 2.24) is 0 Å². The van der Waals surface area contributed by atoms with E-state index in [1.807, 2.05) is 0 Å². The minimum absolute atomic E-state index is 0.109. The Labute approximate surface area is 234 Å². The van der Waals surface area contributed by atoms with Gasteiger partial charge in [-0.2, -0.15) is 0 Å². The molecule has 0 aliphatic rings. The molecule has 0 bridgehead atoms. The molecule has 190 valence electrons. The van der Waals surface area contributed by atoms with Crippen LogP contribution < -0.4 is 4.90 Å². The second kappa shape index (κ2) is 8.85. The van der Waals surface area contributed by atoms with Crippen molar-refractivity contribution in [3.63, 3.8) is 0 Å². The lowest BCUT2D eigenvalue weighted by Crippen LogP contribution is -2.14. The second-order valence-electron chi connectivity index (χ2n) is 12.5. The van der Waals surface area contributed by atoms with E-state index in [0.717, 1.165) is 15.8 Å². The first-order chi connectivity index (χ1) is 18.0. The molecule has 2 heteroatoms. The Bertz CT molecular complexity index is 1710. The highest BCUT2D eigenvalue weighted by molar-refractivity contribution is 9.10. The van der Waals surface area contributed by atoms with Gasteiger partial charge in [-0.1, -0.05) is 118 Å². The van der Waals surface area contributed by atoms with Crippen LogP contribution >= 0.6 is 15.9 Å². The monoisotopic (exact) mass is 559 g/mol. The number of benzene rings is 6. The minimum Gasteiger partial charge on any atom is -0.310 e. The molecule has 0 aromatic heterocycles. The van der Waals surface area contributed by atoms with Gasteiger partial charge in [0.25, 0.3) is 0 Å². The molecule has 0 saturated heterocycles. The van der Waals surface area contributed by atoms with Gasteiger partial charge in [-0.05, 0) is 85.3 Å². The third kappa shape index (κ3) is 4.16. The van der Waals surface area contributed by atoms with Crippen LogP contribution in [-0.4, -0.2) is 0 Å². The summed E-state index contributed by atoms with van der Waals surface area (Å²) in [7, 11) is 0. The number of anilines is 3. The quantitative estimate of drug-likeness (QED) is 0.195. The maximum atomic E-state index is 3.80. The molecule has 0 heterocycles. The van der Waals surface area contributed by atoms with E-state index >= 15 is 0 Å². The average molecular weight is 561 g/mol. The zero-order valence-electron chi connectivity index (χ0n) is 23.1. The molecule has 6 rings (SSSR count). The highest BCUT2D eigenvalue weighted by Crippen LogP contribution is 2.45. The molecule has 0 amide bonds. The molecule has 0 radical (unpaired) electrons. The largest absolute Gasteiger partial charge is 0.310 e. The van der Waals surface area contributed by atoms with Gasteiger partial charge in [-0.25, -0.2) is 0 Å². The first-order valence-corrected chi connectivity index (χ1v) is 14.2. The molecule has 1 nitrogen and oxygen atoms in total. The molecule has 0 spiro atoms. The molecule has 6 aromatic rings. The van der Waals surface area contributed by atoms with Crippen molar-refractivity contribution < 1.29 is 0 Å². The topological polar surface area (TPSA) is 3.24 Å². The van der Waals surface area contributed by atoms with E-state index in [0.29, 0.717) is 0 Å². The number of nitrogens with zero attached hydrogens (tertiary/aromatic N) is 1. The van der Waals surface area contributed by atoms with Gasteiger partial charge in [0.2, 0.25) is 0 Å². The molecule has 38 heavy (non-hydrogen) atoms. The summed E-state index contributed by atoms with van der Waals surface area (Å²) in [5.74, 6) is 0. The van der Waals surface area contributed by atoms with Crippen LogP contribution in [0.4, 0.5) is 17.1 Å². The summed E-state index contributed by atoms with van der Waals surface area (Å²) in [5, 5.41) is 7.70. The maximum absolute atomic E-state index is 3.80. The van der Waals surface area contributed by atoms with E-state index in [1.165, 1.54) is 49.1 Å². The van der Waals surface area contributed by atoms with Crippen LogP contribution in [0.25, 0.3) is 32.3 Å². The van der Waals surface area contributed by atoms with E-state index in [1.54, 1.807) is 0 Å². The first kappa shape index (κ1) is 24.9. The fourth-order valence-corrected chi connectivity index (χ4v) is 6.06. The summed E-state index contributed by atoms with van der Waals surface area (Å²) >= 11 is 3.80. The van der Waals surface area contributed by atoms with Crippen LogP contribution in [-0.2, 0) is 10.8 Å². The fraction of sp³-hybridized carbons (Fsp3) is 0.222. The molecule has 0 aliphatic carbocycles. The van der Waals surface area contributed by atoms with Gasteiger partial charge in [0.05, 0.1) is 5.69 Å². The van der Waals surface area contributed by atoms with Crippen molar-refractivity contribution in [2.75, 3.05) is 4.90 Å². The number of rotatable bonds is 3. The number of halogens is 1. The van der Waals surface area contributed by atoms with Crippen molar-refractivity contribution in [2.45, 2.75) is 52.4 Å². The van der Waals surface area contributed by atoms with Gasteiger partial charge in [0, 0.05) is 21.2 Å². The van der Waals surface area contributed by atoms with Crippen LogP contribution in [0.3, 0.4) is 0 Å². The van der Waals surface area contributed by atoms with Crippen molar-refractivity contribution in [1.29, 1.82) is 0 Å². The standard InChI is InChI=1S/C36H34BrN/c1-35(2,3)25-11-15-27(16-12-25)38(28-17-13-26(14-18-28)36(4,5)6)32-22-10-24-7-19-29-31(37)21-9-23-8-20-30(32)34(24)33(23)29/h7-22H,1-6H3. The summed E-state index contributed by atoms with van der Waals surface area (Å²) < 4.78 is 1.14. The Morgan fingerprint density at radius 2 is 0.895 bits per heavy atom. The SMILES string of the molecule is CC(C)(C)c1ccc(N(c2ccc(C(C)(C)C)cc2)c2ccc3ccc4c(Br)ccc5ccc2c3c54)cc1. The summed E-state index contributed by atoms with van der Waals surface area (Å²) in [4.78, 5) is 2.42. The summed E-state index contributed by atoms with van der Waals surface area (Å²) in [6.45, 7) is 13.6. The van der Waals surface area contributed by atoms with Crippen LogP contribution in [0.1, 0.15) is 52.7 Å². The predicted octanol–water partition coefficient (Wildman–Crippen LogP) is 11.4. The Balaban J connectivity index is 1.62. The van der Waals surface area contributed by atoms with E-state index in [-0.39, 0.29) is 10.8 Å². The lowest BCUT2D eigenvalue weighted by molar-refractivity contribution is 0.590. The minimum atomic E-state index is 0.109. The van der Waals surface area contributed by atoms with E-state index in [2.05, 4.69) is 159 Å². The normalized spacial score (nSPS) is 12.6. The highest BCUT2D eigenvalue weighted by atomic mass is 79.9. The zero-order chi connectivity index (χ0) is 26.8. The lowest BCUT2D eigenvalue weighted by atomic mass is 9.86. The van der Waals surface area contributed by atoms with Crippen LogP contribution in [0.15, 0.2) is 102 Å². The second-order valence-corrected chi connectivity index (χ2v) is 13.3. The zero-order valence-corrected chi connectivity index (χ0v) is 24.6. The van der Waals surface area contributed by atoms with Gasteiger partial charge in [-0.15, -0.1) is 0 Å². The predicted molar refractivity (Wildman–Crippen MR) is 170 cm³/mol. The number of hydrogen-bond donors (Lipinski definition) is 0. The van der Waals surface area contributed by atoms with Crippen LogP contribution in [0.2, 0.25) is 0 Å². The first-order valence-electron chi connectivity index (χ1n) is 13.4. The van der Waals surface area contributed by atoms with E-state index in [4.69, 9.17) is 0 Å². The fourth-order valence-electron chi connectivity index (χ4n) is 5.59. The summed E-state index contributed by atoms with van der Waals surface area (Å²) in [5.41, 5.74) is 6.42. The Hall–Kier alpha value is -3.36. The maximum Gasteiger partial charge on any atom is 0.0540 e. The molecule has 0 N–H and O–H groups in total. The summed E-state index contributed by atoms with van der Waals surface area (Å²) in [6.07, 6.45) is 0. The summed E-state index contributed by atoms with van der Waals surface area (Å²) in [6, 6.07) is 36.2. The molecule has 0 unspecified atom stereocenters. The molecular formula is C36H34BrN. The molecule has 0 saturated carbocycles. The third-order valence-corrected chi connectivity index (χ3v) is 8.50. The van der Waals surface area contributed by atoms with Gasteiger partial charge in [0.15, 0.2) is 0 Å². The molecule has 0 aliphatic heterocycles.